The normalized spacial score (nSPS) is 14.4. The number of anilines is 3. The lowest BCUT2D eigenvalue weighted by atomic mass is 10.1. The Balaban J connectivity index is 1.45. The fourth-order valence-corrected chi connectivity index (χ4v) is 4.72. The summed E-state index contributed by atoms with van der Waals surface area (Å²) >= 11 is 1.20. The van der Waals surface area contributed by atoms with E-state index in [9.17, 15) is 14.7 Å². The molecule has 0 saturated carbocycles. The van der Waals surface area contributed by atoms with E-state index in [-0.39, 0.29) is 23.6 Å². The number of nitrogens with one attached hydrogen (secondary N) is 2. The van der Waals surface area contributed by atoms with E-state index in [2.05, 4.69) is 20.7 Å². The molecule has 2 aromatic heterocycles. The molecule has 1 aliphatic heterocycles. The summed E-state index contributed by atoms with van der Waals surface area (Å²) in [6, 6.07) is 4.83. The first kappa shape index (κ1) is 22.8. The number of aromatic nitrogens is 3. The van der Waals surface area contributed by atoms with E-state index >= 15 is 0 Å². The smallest absolute Gasteiger partial charge is 0.267 e. The first-order valence-electron chi connectivity index (χ1n) is 10.9. The van der Waals surface area contributed by atoms with Crippen molar-refractivity contribution in [3.63, 3.8) is 0 Å². The molecule has 33 heavy (non-hydrogen) atoms. The molecule has 4 rings (SSSR count). The number of phenols is 1. The van der Waals surface area contributed by atoms with Crippen LogP contribution in [0.1, 0.15) is 52.3 Å². The third kappa shape index (κ3) is 4.70. The fraction of sp³-hybridized carbons (Fsp3) is 0.391. The molecule has 174 valence electrons. The van der Waals surface area contributed by atoms with Gasteiger partial charge in [-0.25, -0.2) is 4.98 Å². The minimum atomic E-state index is -0.384. The molecule has 10 heteroatoms. The summed E-state index contributed by atoms with van der Waals surface area (Å²) in [6.45, 7) is 9.01. The van der Waals surface area contributed by atoms with Crippen LogP contribution < -0.4 is 10.6 Å². The number of nitrogens with zero attached hydrogens (tertiary/aromatic N) is 4. The maximum absolute atomic E-state index is 12.7. The Morgan fingerprint density at radius 3 is 2.64 bits per heavy atom. The summed E-state index contributed by atoms with van der Waals surface area (Å²) in [5, 5.41) is 21.0. The van der Waals surface area contributed by atoms with Gasteiger partial charge in [-0.1, -0.05) is 17.4 Å². The minimum absolute atomic E-state index is 0.0796. The predicted octanol–water partition coefficient (Wildman–Crippen LogP) is 4.15. The van der Waals surface area contributed by atoms with Crippen molar-refractivity contribution in [1.29, 1.82) is 0 Å². The van der Waals surface area contributed by atoms with Gasteiger partial charge in [0.1, 0.15) is 16.7 Å². The third-order valence-electron chi connectivity index (χ3n) is 5.91. The molecule has 0 radical (unpaired) electrons. The number of carbonyl (C=O) groups is 2. The Kier molecular flexibility index (Phi) is 6.37. The highest BCUT2D eigenvalue weighted by Crippen LogP contribution is 2.30. The number of carbonyl (C=O) groups excluding carboxylic acids is 2. The van der Waals surface area contributed by atoms with Gasteiger partial charge in [0, 0.05) is 30.4 Å². The van der Waals surface area contributed by atoms with Crippen LogP contribution in [0.2, 0.25) is 0 Å². The second kappa shape index (κ2) is 9.22. The quantitative estimate of drug-likeness (QED) is 0.501. The van der Waals surface area contributed by atoms with Crippen LogP contribution in [0, 0.1) is 20.8 Å². The van der Waals surface area contributed by atoms with Crippen LogP contribution in [0.5, 0.6) is 5.75 Å². The standard InChI is InChI=1S/C23H28N6O3S/c1-13-7-8-17(30)15(3)20(13)26-21(31)18-12-24-23(33-18)25-19-11-14(2)29(27-19)16(4)22(32)28-9-5-6-10-28/h7-8,11-12,16,30H,5-6,9-10H2,1-4H3,(H,26,31)(H,24,25,27). The zero-order valence-electron chi connectivity index (χ0n) is 19.2. The van der Waals surface area contributed by atoms with Crippen LogP contribution in [-0.4, -0.2) is 49.7 Å². The van der Waals surface area contributed by atoms with Crippen LogP contribution >= 0.6 is 11.3 Å². The molecule has 3 heterocycles. The number of aromatic hydroxyl groups is 1. The number of aryl methyl sites for hydroxylation is 2. The summed E-state index contributed by atoms with van der Waals surface area (Å²) < 4.78 is 1.72. The molecule has 3 aromatic rings. The Morgan fingerprint density at radius 2 is 1.91 bits per heavy atom. The van der Waals surface area contributed by atoms with Gasteiger partial charge in [-0.2, -0.15) is 5.10 Å². The molecule has 2 amide bonds. The largest absolute Gasteiger partial charge is 0.508 e. The number of rotatable bonds is 6. The van der Waals surface area contributed by atoms with E-state index in [1.807, 2.05) is 31.7 Å². The van der Waals surface area contributed by atoms with E-state index in [4.69, 9.17) is 0 Å². The Labute approximate surface area is 196 Å². The highest BCUT2D eigenvalue weighted by molar-refractivity contribution is 7.17. The second-order valence-corrected chi connectivity index (χ2v) is 9.36. The molecule has 1 atom stereocenters. The van der Waals surface area contributed by atoms with Crippen LogP contribution in [0.15, 0.2) is 24.4 Å². The van der Waals surface area contributed by atoms with Gasteiger partial charge in [0.2, 0.25) is 5.91 Å². The Morgan fingerprint density at radius 1 is 1.18 bits per heavy atom. The molecule has 0 bridgehead atoms. The van der Waals surface area contributed by atoms with E-state index < -0.39 is 0 Å². The summed E-state index contributed by atoms with van der Waals surface area (Å²) in [5.74, 6) is 0.473. The third-order valence-corrected chi connectivity index (χ3v) is 6.82. The monoisotopic (exact) mass is 468 g/mol. The Hall–Kier alpha value is -3.40. The molecule has 1 fully saturated rings. The number of phenolic OH excluding ortho intramolecular Hbond substituents is 1. The van der Waals surface area contributed by atoms with E-state index in [0.29, 0.717) is 27.1 Å². The summed E-state index contributed by atoms with van der Waals surface area (Å²) in [4.78, 5) is 32.1. The summed E-state index contributed by atoms with van der Waals surface area (Å²) in [5.41, 5.74) is 2.93. The average Bonchev–Trinajstić information content (AvgIpc) is 3.54. The van der Waals surface area contributed by atoms with Gasteiger partial charge < -0.3 is 20.6 Å². The molecule has 1 saturated heterocycles. The number of likely N-dealkylation sites (tertiary alicyclic amines) is 1. The first-order valence-corrected chi connectivity index (χ1v) is 11.7. The Bertz CT molecular complexity index is 1200. The lowest BCUT2D eigenvalue weighted by Crippen LogP contribution is -2.34. The van der Waals surface area contributed by atoms with Crippen LogP contribution in [0.25, 0.3) is 0 Å². The lowest BCUT2D eigenvalue weighted by molar-refractivity contribution is -0.133. The molecule has 1 aliphatic rings. The molecule has 9 nitrogen and oxygen atoms in total. The number of hydrogen-bond acceptors (Lipinski definition) is 7. The zero-order valence-corrected chi connectivity index (χ0v) is 20.0. The van der Waals surface area contributed by atoms with Crippen molar-refractivity contribution in [2.24, 2.45) is 0 Å². The topological polar surface area (TPSA) is 112 Å². The van der Waals surface area contributed by atoms with Gasteiger partial charge in [-0.3, -0.25) is 14.3 Å². The SMILES string of the molecule is Cc1ccc(O)c(C)c1NC(=O)c1cnc(Nc2cc(C)n(C(C)C(=O)N3CCCC3)n2)s1. The molecule has 1 aromatic carbocycles. The van der Waals surface area contributed by atoms with Crippen molar-refractivity contribution in [2.45, 2.75) is 46.6 Å². The summed E-state index contributed by atoms with van der Waals surface area (Å²) in [6.07, 6.45) is 3.60. The molecule has 0 spiro atoms. The molecule has 1 unspecified atom stereocenters. The van der Waals surface area contributed by atoms with Gasteiger partial charge in [-0.05, 0) is 52.2 Å². The number of thiazole rings is 1. The van der Waals surface area contributed by atoms with Crippen molar-refractivity contribution in [3.05, 3.63) is 46.1 Å². The fourth-order valence-electron chi connectivity index (χ4n) is 4.00. The van der Waals surface area contributed by atoms with Crippen molar-refractivity contribution in [1.82, 2.24) is 19.7 Å². The molecule has 3 N–H and O–H groups in total. The highest BCUT2D eigenvalue weighted by Gasteiger charge is 2.26. The van der Waals surface area contributed by atoms with E-state index in [1.54, 1.807) is 23.7 Å². The first-order chi connectivity index (χ1) is 15.7. The van der Waals surface area contributed by atoms with E-state index in [1.165, 1.54) is 17.5 Å². The van der Waals surface area contributed by atoms with Gasteiger partial charge in [0.15, 0.2) is 10.9 Å². The number of hydrogen-bond donors (Lipinski definition) is 3. The number of benzene rings is 1. The summed E-state index contributed by atoms with van der Waals surface area (Å²) in [7, 11) is 0. The van der Waals surface area contributed by atoms with Gasteiger partial charge >= 0.3 is 0 Å². The van der Waals surface area contributed by atoms with Crippen molar-refractivity contribution >= 4 is 39.8 Å². The van der Waals surface area contributed by atoms with Crippen molar-refractivity contribution in [2.75, 3.05) is 23.7 Å². The maximum Gasteiger partial charge on any atom is 0.267 e. The van der Waals surface area contributed by atoms with Crippen LogP contribution in [-0.2, 0) is 4.79 Å². The van der Waals surface area contributed by atoms with Gasteiger partial charge in [-0.15, -0.1) is 0 Å². The van der Waals surface area contributed by atoms with Crippen LogP contribution in [0.3, 0.4) is 0 Å². The second-order valence-electron chi connectivity index (χ2n) is 8.33. The predicted molar refractivity (Wildman–Crippen MR) is 128 cm³/mol. The van der Waals surface area contributed by atoms with Crippen molar-refractivity contribution < 1.29 is 14.7 Å². The number of amides is 2. The average molecular weight is 469 g/mol. The molecular formula is C23H28N6O3S. The van der Waals surface area contributed by atoms with Gasteiger partial charge in [0.05, 0.1) is 11.9 Å². The van der Waals surface area contributed by atoms with Gasteiger partial charge in [0.25, 0.3) is 5.91 Å². The van der Waals surface area contributed by atoms with E-state index in [0.717, 1.165) is 37.2 Å². The minimum Gasteiger partial charge on any atom is -0.508 e. The highest BCUT2D eigenvalue weighted by atomic mass is 32.1. The maximum atomic E-state index is 12.7. The van der Waals surface area contributed by atoms with Crippen LogP contribution in [0.4, 0.5) is 16.6 Å². The lowest BCUT2D eigenvalue weighted by Gasteiger charge is -2.21. The molecular weight excluding hydrogens is 440 g/mol. The van der Waals surface area contributed by atoms with Crippen molar-refractivity contribution in [3.8, 4) is 5.75 Å². The zero-order chi connectivity index (χ0) is 23.7. The molecule has 0 aliphatic carbocycles.